The van der Waals surface area contributed by atoms with Gasteiger partial charge in [-0.2, -0.15) is 4.90 Å². The van der Waals surface area contributed by atoms with E-state index in [4.69, 9.17) is 42.4 Å². The molecule has 1 saturated heterocycles. The molecule has 0 aliphatic carbocycles. The minimum absolute atomic E-state index is 0.0566. The number of anilines is 2. The van der Waals surface area contributed by atoms with Crippen LogP contribution in [0.2, 0.25) is 10.0 Å². The first-order valence-electron chi connectivity index (χ1n) is 19.3. The fraction of sp³-hybridized carbons (Fsp3) is 0.476. The van der Waals surface area contributed by atoms with Crippen LogP contribution in [0.1, 0.15) is 93.2 Å². The summed E-state index contributed by atoms with van der Waals surface area (Å²) in [5.74, 6) is -2.39. The van der Waals surface area contributed by atoms with E-state index in [0.29, 0.717) is 21.6 Å². The molecule has 330 valence electrons. The summed E-state index contributed by atoms with van der Waals surface area (Å²) in [6.07, 6.45) is -3.20. The number of carboxylic acids is 1. The average Bonchev–Trinajstić information content (AvgIpc) is 3.11. The quantitative estimate of drug-likeness (QED) is 0.192. The van der Waals surface area contributed by atoms with Crippen molar-refractivity contribution in [2.45, 2.75) is 124 Å². The Balaban J connectivity index is 1.87. The summed E-state index contributed by atoms with van der Waals surface area (Å²) in [6.45, 7) is 15.6. The highest BCUT2D eigenvalue weighted by Crippen LogP contribution is 2.36. The zero-order valence-corrected chi connectivity index (χ0v) is 37.3. The first kappa shape index (κ1) is 48.0. The number of benzene rings is 2. The molecule has 2 heterocycles. The Labute approximate surface area is 364 Å². The fourth-order valence-corrected chi connectivity index (χ4v) is 6.78. The summed E-state index contributed by atoms with van der Waals surface area (Å²) in [7, 11) is 0. The van der Waals surface area contributed by atoms with Crippen molar-refractivity contribution in [3.05, 3.63) is 69.8 Å². The van der Waals surface area contributed by atoms with Gasteiger partial charge < -0.3 is 29.3 Å². The molecule has 1 aromatic heterocycles. The van der Waals surface area contributed by atoms with Gasteiger partial charge in [0.25, 0.3) is 0 Å². The zero-order chi connectivity index (χ0) is 45.8. The van der Waals surface area contributed by atoms with Crippen molar-refractivity contribution in [2.24, 2.45) is 0 Å². The Morgan fingerprint density at radius 3 is 1.77 bits per heavy atom. The molecule has 1 unspecified atom stereocenters. The number of ether oxygens (including phenoxy) is 3. The number of imide groups is 1. The molecule has 0 radical (unpaired) electrons. The summed E-state index contributed by atoms with van der Waals surface area (Å²) in [4.78, 5) is 92.0. The van der Waals surface area contributed by atoms with Crippen LogP contribution in [-0.2, 0) is 36.9 Å². The monoisotopic (exact) mass is 886 g/mol. The third-order valence-corrected chi connectivity index (χ3v) is 9.61. The van der Waals surface area contributed by atoms with Crippen molar-refractivity contribution >= 4 is 71.1 Å². The number of aliphatic carboxylic acids is 1. The molecule has 0 bridgehead atoms. The van der Waals surface area contributed by atoms with Crippen LogP contribution < -0.4 is 9.80 Å². The third kappa shape index (κ3) is 12.9. The molecule has 17 nitrogen and oxygen atoms in total. The van der Waals surface area contributed by atoms with Crippen LogP contribution in [0.15, 0.2) is 48.7 Å². The van der Waals surface area contributed by atoms with E-state index < -0.39 is 65.0 Å². The first-order chi connectivity index (χ1) is 28.2. The number of rotatable bonds is 9. The largest absolute Gasteiger partial charge is 0.480 e. The number of aromatic nitrogens is 2. The number of nitrogens with zero attached hydrogens (tertiary/aromatic N) is 6. The average molecular weight is 888 g/mol. The molecule has 2 N–H and O–H groups in total. The summed E-state index contributed by atoms with van der Waals surface area (Å²) in [5, 5.41) is 19.7. The van der Waals surface area contributed by atoms with E-state index in [1.54, 1.807) is 105 Å². The summed E-state index contributed by atoms with van der Waals surface area (Å²) >= 11 is 13.2. The number of carboxylic acid groups (broad SMARTS) is 2. The summed E-state index contributed by atoms with van der Waals surface area (Å²) in [6, 6.07) is 9.70. The smallest absolute Gasteiger partial charge is 0.425 e. The van der Waals surface area contributed by atoms with E-state index >= 15 is 0 Å². The predicted molar refractivity (Wildman–Crippen MR) is 227 cm³/mol. The van der Waals surface area contributed by atoms with Crippen LogP contribution in [0.3, 0.4) is 0 Å². The Bertz CT molecular complexity index is 2100. The molecular weight excluding hydrogens is 835 g/mol. The standard InChI is InChI=1S/C42H52Cl2N6O11/c1-24(51)48(27-18-19-47(36(54)55)32(20-27)35(52)53)22-25-14-16-26(17-15-25)31-21-45-33(50(38(57)60-41(5,6)7)39(58)61-42(8,9)10)34(46-31)49(37(56)59-40(2,3)4)23-28-29(43)12-11-13-30(28)44/h11-17,21,27,32H,18-20,22-23H2,1-10H3,(H,52,53)(H,54,55)/t27?,32-/m1/s1. The molecular formula is C42H52Cl2N6O11. The Morgan fingerprint density at radius 2 is 1.30 bits per heavy atom. The van der Waals surface area contributed by atoms with E-state index in [1.807, 2.05) is 0 Å². The normalized spacial score (nSPS) is 15.6. The van der Waals surface area contributed by atoms with E-state index in [2.05, 4.69) is 4.98 Å². The topological polar surface area (TPSA) is 209 Å². The molecule has 1 aliphatic rings. The lowest BCUT2D eigenvalue weighted by atomic mass is 9.95. The predicted octanol–water partition coefficient (Wildman–Crippen LogP) is 9.01. The Morgan fingerprint density at radius 1 is 0.770 bits per heavy atom. The number of piperidine rings is 1. The molecule has 2 aromatic carbocycles. The van der Waals surface area contributed by atoms with Gasteiger partial charge in [0.15, 0.2) is 11.6 Å². The van der Waals surface area contributed by atoms with Crippen molar-refractivity contribution in [3.8, 4) is 11.3 Å². The van der Waals surface area contributed by atoms with E-state index in [0.717, 1.165) is 9.80 Å². The van der Waals surface area contributed by atoms with Crippen LogP contribution in [0.4, 0.5) is 30.8 Å². The lowest BCUT2D eigenvalue weighted by molar-refractivity contribution is -0.146. The molecule has 1 aliphatic heterocycles. The maximum absolute atomic E-state index is 14.3. The maximum Gasteiger partial charge on any atom is 0.425 e. The van der Waals surface area contributed by atoms with Crippen LogP contribution in [0.25, 0.3) is 11.3 Å². The van der Waals surface area contributed by atoms with Gasteiger partial charge in [-0.1, -0.05) is 53.5 Å². The highest BCUT2D eigenvalue weighted by Gasteiger charge is 2.41. The third-order valence-electron chi connectivity index (χ3n) is 8.90. The van der Waals surface area contributed by atoms with Gasteiger partial charge in [0.05, 0.1) is 18.4 Å². The number of likely N-dealkylation sites (tertiary alicyclic amines) is 1. The second kappa shape index (κ2) is 18.9. The lowest BCUT2D eigenvalue weighted by Crippen LogP contribution is -2.55. The van der Waals surface area contributed by atoms with Gasteiger partial charge >= 0.3 is 30.3 Å². The fourth-order valence-electron chi connectivity index (χ4n) is 6.27. The van der Waals surface area contributed by atoms with Gasteiger partial charge in [-0.15, -0.1) is 0 Å². The SMILES string of the molecule is CC(=O)N(Cc1ccc(-c2cnc(N(C(=O)OC(C)(C)C)C(=O)OC(C)(C)C)c(N(Cc3c(Cl)cccc3Cl)C(=O)OC(C)(C)C)n2)cc1)C1CCN(C(=O)O)[C@@H](C(=O)O)C1. The van der Waals surface area contributed by atoms with Crippen molar-refractivity contribution < 1.29 is 53.2 Å². The maximum atomic E-state index is 14.3. The van der Waals surface area contributed by atoms with Crippen LogP contribution >= 0.6 is 23.2 Å². The molecule has 1 fully saturated rings. The van der Waals surface area contributed by atoms with Gasteiger partial charge in [-0.25, -0.2) is 33.9 Å². The summed E-state index contributed by atoms with van der Waals surface area (Å²) in [5.41, 5.74) is -1.64. The van der Waals surface area contributed by atoms with Gasteiger partial charge in [0, 0.05) is 47.2 Å². The summed E-state index contributed by atoms with van der Waals surface area (Å²) < 4.78 is 17.1. The molecule has 2 atom stereocenters. The number of hydrogen-bond donors (Lipinski definition) is 2. The van der Waals surface area contributed by atoms with Gasteiger partial charge in [-0.3, -0.25) is 14.6 Å². The van der Waals surface area contributed by atoms with Crippen LogP contribution in [-0.4, -0.2) is 102 Å². The highest BCUT2D eigenvalue weighted by atomic mass is 35.5. The first-order valence-corrected chi connectivity index (χ1v) is 20.1. The number of carbonyl (C=O) groups is 6. The van der Waals surface area contributed by atoms with E-state index in [-0.39, 0.29) is 59.9 Å². The van der Waals surface area contributed by atoms with Crippen molar-refractivity contribution in [1.29, 1.82) is 0 Å². The number of halogens is 2. The van der Waals surface area contributed by atoms with Gasteiger partial charge in [-0.05, 0) is 92.9 Å². The highest BCUT2D eigenvalue weighted by molar-refractivity contribution is 6.36. The molecule has 0 spiro atoms. The van der Waals surface area contributed by atoms with E-state index in [1.165, 1.54) is 18.0 Å². The van der Waals surface area contributed by atoms with Crippen molar-refractivity contribution in [2.75, 3.05) is 16.3 Å². The lowest BCUT2D eigenvalue weighted by Gasteiger charge is -2.40. The number of amides is 5. The Hall–Kier alpha value is -5.68. The molecule has 19 heteroatoms. The minimum atomic E-state index is -1.35. The minimum Gasteiger partial charge on any atom is -0.480 e. The van der Waals surface area contributed by atoms with Gasteiger partial charge in [0.2, 0.25) is 5.91 Å². The number of carbonyl (C=O) groups excluding carboxylic acids is 4. The molecule has 3 aromatic rings. The van der Waals surface area contributed by atoms with E-state index in [9.17, 15) is 39.0 Å². The molecule has 4 rings (SSSR count). The van der Waals surface area contributed by atoms with Crippen LogP contribution in [0, 0.1) is 0 Å². The number of hydrogen-bond acceptors (Lipinski definition) is 11. The van der Waals surface area contributed by atoms with Gasteiger partial charge in [0.1, 0.15) is 22.8 Å². The molecule has 61 heavy (non-hydrogen) atoms. The second-order valence-electron chi connectivity index (χ2n) is 17.3. The zero-order valence-electron chi connectivity index (χ0n) is 35.8. The Kier molecular flexibility index (Phi) is 14.9. The van der Waals surface area contributed by atoms with Crippen LogP contribution in [0.5, 0.6) is 0 Å². The second-order valence-corrected chi connectivity index (χ2v) is 18.1. The molecule has 5 amide bonds. The molecule has 0 saturated carbocycles. The van der Waals surface area contributed by atoms with Crippen molar-refractivity contribution in [3.63, 3.8) is 0 Å². The van der Waals surface area contributed by atoms with Crippen molar-refractivity contribution in [1.82, 2.24) is 19.8 Å².